The number of hydrogen-bond donors (Lipinski definition) is 3. The van der Waals surface area contributed by atoms with Gasteiger partial charge in [0.05, 0.1) is 39.1 Å². The van der Waals surface area contributed by atoms with Gasteiger partial charge in [0.2, 0.25) is 11.8 Å². The minimum absolute atomic E-state index is 0.0798. The van der Waals surface area contributed by atoms with E-state index in [1.807, 2.05) is 6.07 Å². The molecule has 4 aromatic rings. The number of imide groups is 2. The summed E-state index contributed by atoms with van der Waals surface area (Å²) in [6, 6.07) is 10.9. The van der Waals surface area contributed by atoms with Crippen molar-refractivity contribution in [2.45, 2.75) is 82.3 Å². The summed E-state index contributed by atoms with van der Waals surface area (Å²) >= 11 is 1.57. The molecule has 3 aliphatic heterocycles. The van der Waals surface area contributed by atoms with Crippen molar-refractivity contribution in [3.05, 3.63) is 76.1 Å². The number of halogens is 3. The summed E-state index contributed by atoms with van der Waals surface area (Å²) in [4.78, 5) is 75.9. The number of hydrogen-bond acceptors (Lipinski definition) is 11. The topological polar surface area (TPSA) is 163 Å². The maximum Gasteiger partial charge on any atom is 0.433 e. The maximum absolute atomic E-state index is 13.5. The number of nitrogens with one attached hydrogen (secondary N) is 3. The number of fused-ring (bicyclic) bond motifs is 2. The van der Waals surface area contributed by atoms with Crippen LogP contribution in [0.15, 0.2) is 48.5 Å². The van der Waals surface area contributed by atoms with E-state index in [2.05, 4.69) is 25.8 Å². The van der Waals surface area contributed by atoms with Gasteiger partial charge in [-0.25, -0.2) is 9.97 Å². The van der Waals surface area contributed by atoms with Crippen LogP contribution >= 0.6 is 11.3 Å². The van der Waals surface area contributed by atoms with E-state index in [0.717, 1.165) is 103 Å². The van der Waals surface area contributed by atoms with Gasteiger partial charge < -0.3 is 20.3 Å². The number of likely N-dealkylation sites (tertiary alicyclic amines) is 1. The monoisotopic (exact) mass is 857 g/mol. The first-order valence-corrected chi connectivity index (χ1v) is 21.7. The molecule has 9 rings (SSSR count). The molecule has 1 unspecified atom stereocenters. The van der Waals surface area contributed by atoms with Crippen LogP contribution in [0.1, 0.15) is 112 Å². The molecule has 3 N–H and O–H groups in total. The van der Waals surface area contributed by atoms with Crippen molar-refractivity contribution >= 4 is 62.5 Å². The number of amides is 5. The average Bonchev–Trinajstić information content (AvgIpc) is 3.76. The zero-order chi connectivity index (χ0) is 42.6. The number of benzene rings is 2. The smallest absolute Gasteiger partial charge is 0.433 e. The highest BCUT2D eigenvalue weighted by atomic mass is 32.1. The lowest BCUT2D eigenvalue weighted by Crippen LogP contribution is -2.58. The van der Waals surface area contributed by atoms with Crippen LogP contribution in [-0.4, -0.2) is 88.6 Å². The standard InChI is InChI=1S/C44H46F3N7O6S/c1-60-33-18-31-34(19-30(33)50-38(56)29-6-3-7-35(49-29)44(45,46)47)61-40(51-31)26-10-8-25(9-11-26)21-53-22-43(23-53)16-14-24(15-17-43)20-48-28-5-2-4-27-37(28)42(59)54(41(27)58)32-12-13-36(55)52-39(32)57/h2-7,18-19,24-26,32,48H,8-17,20-23H2,1H3,(H,50,56)(H,52,55,57)/t25-,26-,32?. The summed E-state index contributed by atoms with van der Waals surface area (Å²) in [5.41, 5.74) is 1.14. The van der Waals surface area contributed by atoms with Crippen molar-refractivity contribution in [1.29, 1.82) is 0 Å². The number of ether oxygens (including phenoxy) is 1. The second-order valence-electron chi connectivity index (χ2n) is 17.3. The lowest BCUT2D eigenvalue weighted by molar-refractivity contribution is -0.141. The van der Waals surface area contributed by atoms with E-state index in [9.17, 15) is 37.1 Å². The SMILES string of the molecule is COc1cc2nc([C@H]3CC[C@H](CN4CC5(CCC(CNc6cccc7c6C(=O)N(C6CCC(=O)NC6=O)C7=O)CC5)C4)CC3)sc2cc1NC(=O)c1cccc(C(F)(F)F)n1. The molecule has 0 radical (unpaired) electrons. The summed E-state index contributed by atoms with van der Waals surface area (Å²) < 4.78 is 45.9. The number of aromatic nitrogens is 2. The van der Waals surface area contributed by atoms with Crippen molar-refractivity contribution in [2.24, 2.45) is 17.3 Å². The van der Waals surface area contributed by atoms with Crippen LogP contribution < -0.4 is 20.7 Å². The van der Waals surface area contributed by atoms with Crippen LogP contribution in [0.5, 0.6) is 5.75 Å². The third-order valence-electron chi connectivity index (χ3n) is 13.3. The van der Waals surface area contributed by atoms with E-state index in [1.165, 1.54) is 13.2 Å². The minimum Gasteiger partial charge on any atom is -0.494 e. The van der Waals surface area contributed by atoms with Crippen LogP contribution in [0, 0.1) is 17.3 Å². The lowest BCUT2D eigenvalue weighted by Gasteiger charge is -2.54. The highest BCUT2D eigenvalue weighted by molar-refractivity contribution is 7.18. The quantitative estimate of drug-likeness (QED) is 0.139. The Balaban J connectivity index is 0.732. The first-order chi connectivity index (χ1) is 29.3. The molecule has 17 heteroatoms. The third kappa shape index (κ3) is 8.09. The van der Waals surface area contributed by atoms with E-state index in [4.69, 9.17) is 9.72 Å². The van der Waals surface area contributed by atoms with Crippen LogP contribution in [-0.2, 0) is 15.8 Å². The number of carbonyl (C=O) groups is 5. The zero-order valence-electron chi connectivity index (χ0n) is 33.6. The number of thiazole rings is 1. The summed E-state index contributed by atoms with van der Waals surface area (Å²) in [7, 11) is 1.47. The zero-order valence-corrected chi connectivity index (χ0v) is 34.4. The van der Waals surface area contributed by atoms with Crippen LogP contribution in [0.3, 0.4) is 0 Å². The molecular formula is C44H46F3N7O6S. The van der Waals surface area contributed by atoms with Gasteiger partial charge in [-0.1, -0.05) is 12.1 Å². The number of rotatable bonds is 10. The van der Waals surface area contributed by atoms with E-state index in [-0.39, 0.29) is 24.1 Å². The number of carbonyl (C=O) groups excluding carboxylic acids is 5. The van der Waals surface area contributed by atoms with Crippen molar-refractivity contribution < 1.29 is 41.9 Å². The molecule has 2 saturated heterocycles. The van der Waals surface area contributed by atoms with Crippen molar-refractivity contribution in [2.75, 3.05) is 43.9 Å². The molecule has 320 valence electrons. The second kappa shape index (κ2) is 16.1. The van der Waals surface area contributed by atoms with E-state index in [0.29, 0.717) is 52.4 Å². The number of piperidine rings is 1. The molecule has 4 fully saturated rings. The molecule has 61 heavy (non-hydrogen) atoms. The summed E-state index contributed by atoms with van der Waals surface area (Å²) in [5.74, 6) is -1.02. The fourth-order valence-corrected chi connectivity index (χ4v) is 11.2. The number of nitrogens with zero attached hydrogens (tertiary/aromatic N) is 4. The molecule has 1 atom stereocenters. The Morgan fingerprint density at radius 3 is 2.39 bits per heavy atom. The van der Waals surface area contributed by atoms with Gasteiger partial charge in [0.25, 0.3) is 17.7 Å². The van der Waals surface area contributed by atoms with Gasteiger partial charge >= 0.3 is 6.18 Å². The molecule has 5 heterocycles. The Bertz CT molecular complexity index is 2420. The Hall–Kier alpha value is -5.42. The highest BCUT2D eigenvalue weighted by Crippen LogP contribution is 2.47. The number of methoxy groups -OCH3 is 1. The molecule has 2 aromatic carbocycles. The molecule has 13 nitrogen and oxygen atoms in total. The normalized spacial score (nSPS) is 23.2. The first kappa shape index (κ1) is 41.0. The average molecular weight is 858 g/mol. The van der Waals surface area contributed by atoms with Crippen LogP contribution in [0.4, 0.5) is 24.5 Å². The lowest BCUT2D eigenvalue weighted by atomic mass is 9.65. The largest absolute Gasteiger partial charge is 0.494 e. The number of anilines is 2. The third-order valence-corrected chi connectivity index (χ3v) is 14.5. The molecule has 2 aliphatic carbocycles. The predicted octanol–water partition coefficient (Wildman–Crippen LogP) is 7.25. The fraction of sp³-hybridized carbons (Fsp3) is 0.477. The maximum atomic E-state index is 13.5. The van der Waals surface area contributed by atoms with E-state index in [1.54, 1.807) is 35.6 Å². The second-order valence-corrected chi connectivity index (χ2v) is 18.4. The van der Waals surface area contributed by atoms with E-state index >= 15 is 0 Å². The van der Waals surface area contributed by atoms with Gasteiger partial charge in [-0.15, -0.1) is 11.3 Å². The van der Waals surface area contributed by atoms with Crippen LogP contribution in [0.2, 0.25) is 0 Å². The number of alkyl halides is 3. The fourth-order valence-electron chi connectivity index (χ4n) is 10.0. The molecule has 2 aromatic heterocycles. The van der Waals surface area contributed by atoms with Crippen molar-refractivity contribution in [1.82, 2.24) is 25.1 Å². The Morgan fingerprint density at radius 1 is 0.918 bits per heavy atom. The summed E-state index contributed by atoms with van der Waals surface area (Å²) in [6.45, 7) is 4.03. The molecule has 1 spiro atoms. The van der Waals surface area contributed by atoms with Gasteiger partial charge in [-0.2, -0.15) is 13.2 Å². The van der Waals surface area contributed by atoms with Crippen LogP contribution in [0.25, 0.3) is 10.2 Å². The highest BCUT2D eigenvalue weighted by Gasteiger charge is 2.47. The van der Waals surface area contributed by atoms with Gasteiger partial charge in [-0.3, -0.25) is 34.2 Å². The predicted molar refractivity (Wildman–Crippen MR) is 220 cm³/mol. The Labute approximate surface area is 353 Å². The molecular weight excluding hydrogens is 812 g/mol. The van der Waals surface area contributed by atoms with Crippen molar-refractivity contribution in [3.63, 3.8) is 0 Å². The molecule has 5 aliphatic rings. The first-order valence-electron chi connectivity index (χ1n) is 20.9. The summed E-state index contributed by atoms with van der Waals surface area (Å²) in [6.07, 6.45) is 4.35. The van der Waals surface area contributed by atoms with E-state index < -0.39 is 47.4 Å². The Kier molecular flexibility index (Phi) is 10.8. The summed E-state index contributed by atoms with van der Waals surface area (Å²) in [5, 5.41) is 9.42. The van der Waals surface area contributed by atoms with Gasteiger partial charge in [-0.05, 0) is 105 Å². The van der Waals surface area contributed by atoms with Gasteiger partial charge in [0.15, 0.2) is 0 Å². The minimum atomic E-state index is -4.66. The van der Waals surface area contributed by atoms with Gasteiger partial charge in [0.1, 0.15) is 23.2 Å². The molecule has 0 bridgehead atoms. The van der Waals surface area contributed by atoms with Crippen molar-refractivity contribution in [3.8, 4) is 5.75 Å². The molecule has 2 saturated carbocycles. The molecule has 5 amide bonds. The van der Waals surface area contributed by atoms with Gasteiger partial charge in [0, 0.05) is 50.3 Å². The Morgan fingerprint density at radius 2 is 1.67 bits per heavy atom. The number of pyridine rings is 1.